The highest BCUT2D eigenvalue weighted by Gasteiger charge is 2.68. The Morgan fingerprint density at radius 1 is 1.26 bits per heavy atom. The summed E-state index contributed by atoms with van der Waals surface area (Å²) in [7, 11) is 2.00. The maximum absolute atomic E-state index is 13.7. The zero-order chi connectivity index (χ0) is 26.4. The van der Waals surface area contributed by atoms with Gasteiger partial charge in [-0.2, -0.15) is 5.10 Å². The molecule has 0 amide bonds. The number of rotatable bonds is 4. The fraction of sp³-hybridized carbons (Fsp3) is 0.567. The summed E-state index contributed by atoms with van der Waals surface area (Å²) in [4.78, 5) is 18.4. The van der Waals surface area contributed by atoms with Gasteiger partial charge in [0.1, 0.15) is 5.60 Å². The molecule has 3 fully saturated rings. The molecule has 7 rings (SSSR count). The summed E-state index contributed by atoms with van der Waals surface area (Å²) in [6.07, 6.45) is 8.43. The minimum absolute atomic E-state index is 0.113. The van der Waals surface area contributed by atoms with Crippen molar-refractivity contribution in [3.05, 3.63) is 47.3 Å². The van der Waals surface area contributed by atoms with Gasteiger partial charge in [0.15, 0.2) is 10.1 Å². The van der Waals surface area contributed by atoms with E-state index in [1.807, 2.05) is 42.2 Å². The number of allylic oxidation sites excluding steroid dienone is 1. The van der Waals surface area contributed by atoms with Gasteiger partial charge in [0.05, 0.1) is 34.0 Å². The number of thioether (sulfide) groups is 1. The fourth-order valence-electron chi connectivity index (χ4n) is 8.94. The number of para-hydroxylation sites is 1. The highest BCUT2D eigenvalue weighted by molar-refractivity contribution is 8.01. The Morgan fingerprint density at radius 3 is 2.89 bits per heavy atom. The van der Waals surface area contributed by atoms with Gasteiger partial charge in [0.25, 0.3) is 0 Å². The molecular formula is C30H35N3O3S2. The second-order valence-electron chi connectivity index (χ2n) is 12.5. The van der Waals surface area contributed by atoms with Crippen molar-refractivity contribution in [3.63, 3.8) is 0 Å². The van der Waals surface area contributed by atoms with Crippen molar-refractivity contribution in [3.8, 4) is 0 Å². The molecule has 2 aromatic heterocycles. The number of ketones is 1. The normalized spacial score (nSPS) is 37.8. The number of benzene rings is 1. The molecule has 5 unspecified atom stereocenters. The standard InChI is InChI=1S/C30H35N3O3S2/c1-28-13-17-15-31-33(3)22(17)12-18(28)8-9-19-20-10-11-30(36,29(20,2)14-23(34)26(19)28)25(35)16-37-27-32-21-6-4-5-7-24(21)38-27/h4-7,12,15,19-20,23,26,34,36H,8-11,13-14,16H2,1-3H3/t19?,20?,23-,26?,28?,29?,30-/m0/s1. The Morgan fingerprint density at radius 2 is 2.08 bits per heavy atom. The van der Waals surface area contributed by atoms with Crippen molar-refractivity contribution in [2.75, 3.05) is 5.75 Å². The van der Waals surface area contributed by atoms with Gasteiger partial charge in [-0.3, -0.25) is 9.48 Å². The second kappa shape index (κ2) is 8.50. The summed E-state index contributed by atoms with van der Waals surface area (Å²) >= 11 is 3.02. The minimum atomic E-state index is -1.41. The van der Waals surface area contributed by atoms with Crippen LogP contribution in [0.3, 0.4) is 0 Å². The van der Waals surface area contributed by atoms with Gasteiger partial charge < -0.3 is 10.2 Å². The van der Waals surface area contributed by atoms with Gasteiger partial charge in [0, 0.05) is 12.5 Å². The SMILES string of the molecule is Cn1ncc2c1C=C1CCC3C([C@@H](O)CC4(C)C3CC[C@]4(O)C(=O)CSc3nc4ccccc4s3)C1(C)C2. The van der Waals surface area contributed by atoms with Crippen molar-refractivity contribution >= 4 is 45.2 Å². The molecular weight excluding hydrogens is 514 g/mol. The zero-order valence-electron chi connectivity index (χ0n) is 22.2. The number of aromatic nitrogens is 3. The first-order valence-electron chi connectivity index (χ1n) is 13.8. The van der Waals surface area contributed by atoms with Crippen LogP contribution in [0.4, 0.5) is 0 Å². The smallest absolute Gasteiger partial charge is 0.175 e. The third-order valence-corrected chi connectivity index (χ3v) is 13.0. The number of aryl methyl sites for hydroxylation is 1. The average molecular weight is 550 g/mol. The third kappa shape index (κ3) is 3.36. The largest absolute Gasteiger partial charge is 0.393 e. The Kier molecular flexibility index (Phi) is 5.59. The summed E-state index contributed by atoms with van der Waals surface area (Å²) in [5.41, 5.74) is 2.67. The molecule has 4 aliphatic rings. The van der Waals surface area contributed by atoms with E-state index in [0.717, 1.165) is 40.2 Å². The Hall–Kier alpha value is -2.00. The minimum Gasteiger partial charge on any atom is -0.393 e. The molecule has 6 nitrogen and oxygen atoms in total. The lowest BCUT2D eigenvalue weighted by Crippen LogP contribution is -2.62. The van der Waals surface area contributed by atoms with Crippen LogP contribution in [-0.2, 0) is 18.3 Å². The van der Waals surface area contributed by atoms with E-state index in [-0.39, 0.29) is 28.8 Å². The molecule has 2 N–H and O–H groups in total. The number of thiazole rings is 1. The first-order chi connectivity index (χ1) is 18.1. The maximum atomic E-state index is 13.7. The average Bonchev–Trinajstić information content (AvgIpc) is 3.54. The first kappa shape index (κ1) is 25.0. The summed E-state index contributed by atoms with van der Waals surface area (Å²) in [6, 6.07) is 8.00. The van der Waals surface area contributed by atoms with E-state index in [9.17, 15) is 15.0 Å². The van der Waals surface area contributed by atoms with Crippen molar-refractivity contribution in [2.45, 2.75) is 68.4 Å². The van der Waals surface area contributed by atoms with Crippen molar-refractivity contribution in [1.29, 1.82) is 0 Å². The Balaban J connectivity index is 1.14. The second-order valence-corrected chi connectivity index (χ2v) is 14.8. The molecule has 1 aromatic carbocycles. The maximum Gasteiger partial charge on any atom is 0.175 e. The molecule has 0 radical (unpaired) electrons. The van der Waals surface area contributed by atoms with Crippen LogP contribution >= 0.6 is 23.1 Å². The summed E-state index contributed by atoms with van der Waals surface area (Å²) < 4.78 is 3.92. The van der Waals surface area contributed by atoms with Crippen molar-refractivity contribution in [1.82, 2.24) is 14.8 Å². The van der Waals surface area contributed by atoms with E-state index in [1.165, 1.54) is 28.6 Å². The highest BCUT2D eigenvalue weighted by Crippen LogP contribution is 2.67. The lowest BCUT2D eigenvalue weighted by molar-refractivity contribution is -0.177. The number of carbonyl (C=O) groups excluding carboxylic acids is 1. The third-order valence-electron chi connectivity index (χ3n) is 10.8. The topological polar surface area (TPSA) is 88.2 Å². The van der Waals surface area contributed by atoms with Gasteiger partial charge >= 0.3 is 0 Å². The van der Waals surface area contributed by atoms with Crippen LogP contribution in [0.1, 0.15) is 57.2 Å². The number of aliphatic hydroxyl groups excluding tert-OH is 1. The molecule has 200 valence electrons. The quantitative estimate of drug-likeness (QED) is 0.431. The fourth-order valence-corrected chi connectivity index (χ4v) is 11.0. The van der Waals surface area contributed by atoms with E-state index >= 15 is 0 Å². The van der Waals surface area contributed by atoms with Crippen LogP contribution in [0.5, 0.6) is 0 Å². The van der Waals surface area contributed by atoms with Crippen LogP contribution in [0.15, 0.2) is 40.4 Å². The summed E-state index contributed by atoms with van der Waals surface area (Å²) in [6.45, 7) is 4.41. The Labute approximate surface area is 231 Å². The summed E-state index contributed by atoms with van der Waals surface area (Å²) in [5, 5.41) is 28.3. The lowest BCUT2D eigenvalue weighted by atomic mass is 9.45. The number of hydrogen-bond acceptors (Lipinski definition) is 7. The van der Waals surface area contributed by atoms with Crippen molar-refractivity contribution < 1.29 is 15.0 Å². The molecule has 0 spiro atoms. The molecule has 3 aromatic rings. The first-order valence-corrected chi connectivity index (χ1v) is 15.6. The number of carbonyl (C=O) groups is 1. The van der Waals surface area contributed by atoms with Gasteiger partial charge in [-0.25, -0.2) is 4.98 Å². The van der Waals surface area contributed by atoms with E-state index in [0.29, 0.717) is 18.8 Å². The van der Waals surface area contributed by atoms with Crippen LogP contribution in [-0.4, -0.2) is 48.2 Å². The van der Waals surface area contributed by atoms with Crippen LogP contribution in [0.25, 0.3) is 16.3 Å². The molecule has 3 saturated carbocycles. The highest BCUT2D eigenvalue weighted by atomic mass is 32.2. The Bertz CT molecular complexity index is 1450. The van der Waals surface area contributed by atoms with E-state index < -0.39 is 17.1 Å². The molecule has 7 atom stereocenters. The zero-order valence-corrected chi connectivity index (χ0v) is 23.8. The van der Waals surface area contributed by atoms with Crippen LogP contribution < -0.4 is 0 Å². The van der Waals surface area contributed by atoms with Crippen molar-refractivity contribution in [2.24, 2.45) is 35.6 Å². The van der Waals surface area contributed by atoms with E-state index in [2.05, 4.69) is 30.0 Å². The van der Waals surface area contributed by atoms with E-state index in [1.54, 1.807) is 11.3 Å². The molecule has 0 aliphatic heterocycles. The molecule has 0 bridgehead atoms. The van der Waals surface area contributed by atoms with Crippen LogP contribution in [0.2, 0.25) is 0 Å². The molecule has 4 aliphatic carbocycles. The van der Waals surface area contributed by atoms with E-state index in [4.69, 9.17) is 0 Å². The van der Waals surface area contributed by atoms with Crippen LogP contribution in [0, 0.1) is 28.6 Å². The lowest BCUT2D eigenvalue weighted by Gasteiger charge is -2.60. The number of Topliss-reactive ketones (excluding diaryl/α,β-unsaturated/α-hetero) is 1. The number of nitrogens with zero attached hydrogens (tertiary/aromatic N) is 3. The molecule has 38 heavy (non-hydrogen) atoms. The van der Waals surface area contributed by atoms with Gasteiger partial charge in [-0.05, 0) is 85.5 Å². The predicted molar refractivity (Wildman–Crippen MR) is 151 cm³/mol. The van der Waals surface area contributed by atoms with Gasteiger partial charge in [-0.15, -0.1) is 11.3 Å². The van der Waals surface area contributed by atoms with Gasteiger partial charge in [0.2, 0.25) is 0 Å². The predicted octanol–water partition coefficient (Wildman–Crippen LogP) is 5.28. The number of aliphatic hydroxyl groups is 2. The molecule has 2 heterocycles. The number of hydrogen-bond donors (Lipinski definition) is 2. The molecule has 0 saturated heterocycles. The monoisotopic (exact) mass is 549 g/mol. The number of fused-ring (bicyclic) bond motifs is 7. The molecule has 8 heteroatoms. The van der Waals surface area contributed by atoms with Gasteiger partial charge in [-0.1, -0.05) is 43.3 Å². The summed E-state index contributed by atoms with van der Waals surface area (Å²) in [5.74, 6) is 0.743.